The number of rotatable bonds is 11. The van der Waals surface area contributed by atoms with Gasteiger partial charge in [-0.1, -0.05) is 30.3 Å². The number of nitrogens with one attached hydrogen (secondary N) is 2. The Balaban J connectivity index is 1.73. The molecule has 3 heterocycles. The summed E-state index contributed by atoms with van der Waals surface area (Å²) < 4.78 is 12.5. The summed E-state index contributed by atoms with van der Waals surface area (Å²) in [5, 5.41) is 16.2. The number of esters is 1. The quantitative estimate of drug-likeness (QED) is 0.348. The number of ether oxygens (including phenoxy) is 2. The lowest BCUT2D eigenvalue weighted by molar-refractivity contribution is -0.124. The molecule has 1 aromatic carbocycles. The summed E-state index contributed by atoms with van der Waals surface area (Å²) in [6.07, 6.45) is 4.79. The summed E-state index contributed by atoms with van der Waals surface area (Å²) in [7, 11) is 1.33. The van der Waals surface area contributed by atoms with E-state index in [0.717, 1.165) is 24.9 Å². The number of aryl methyl sites for hydroxylation is 2. The van der Waals surface area contributed by atoms with Gasteiger partial charge in [-0.05, 0) is 50.7 Å². The Hall–Kier alpha value is -3.43. The van der Waals surface area contributed by atoms with Gasteiger partial charge in [-0.2, -0.15) is 0 Å². The van der Waals surface area contributed by atoms with Gasteiger partial charge < -0.3 is 29.8 Å². The number of methoxy groups -OCH3 is 1. The van der Waals surface area contributed by atoms with E-state index in [2.05, 4.69) is 27.8 Å². The fraction of sp³-hybridized carbons (Fsp3) is 0.444. The van der Waals surface area contributed by atoms with E-state index in [9.17, 15) is 14.7 Å². The highest BCUT2D eigenvalue weighted by Gasteiger charge is 2.30. The maximum absolute atomic E-state index is 13.0. The van der Waals surface area contributed by atoms with Gasteiger partial charge in [-0.3, -0.25) is 4.79 Å². The van der Waals surface area contributed by atoms with Crippen LogP contribution in [0.3, 0.4) is 0 Å². The number of pyridine rings is 1. The average Bonchev–Trinajstić information content (AvgIpc) is 3.52. The molecule has 1 aliphatic heterocycles. The smallest absolute Gasteiger partial charge is 0.356 e. The van der Waals surface area contributed by atoms with Crippen molar-refractivity contribution in [3.63, 3.8) is 0 Å². The SMILES string of the molecule is COC(=O)c1c(NC(=O)C2CCCO2)c2cc(NC(C)CCO)cnc2n1CCCc1ccccc1. The maximum Gasteiger partial charge on any atom is 0.356 e. The van der Waals surface area contributed by atoms with E-state index >= 15 is 0 Å². The lowest BCUT2D eigenvalue weighted by atomic mass is 10.1. The van der Waals surface area contributed by atoms with Crippen LogP contribution in [0.4, 0.5) is 11.4 Å². The van der Waals surface area contributed by atoms with Crippen molar-refractivity contribution in [2.24, 2.45) is 0 Å². The number of aliphatic hydroxyl groups excluding tert-OH is 1. The number of carbonyl (C=O) groups is 2. The number of hydrogen-bond acceptors (Lipinski definition) is 7. The van der Waals surface area contributed by atoms with Gasteiger partial charge in [0.2, 0.25) is 0 Å². The highest BCUT2D eigenvalue weighted by atomic mass is 16.5. The predicted octanol–water partition coefficient (Wildman–Crippen LogP) is 3.76. The first kappa shape index (κ1) is 25.7. The third kappa shape index (κ3) is 5.85. The van der Waals surface area contributed by atoms with E-state index in [0.29, 0.717) is 42.7 Å². The summed E-state index contributed by atoms with van der Waals surface area (Å²) in [6.45, 7) is 3.10. The molecule has 0 spiro atoms. The van der Waals surface area contributed by atoms with Crippen molar-refractivity contribution in [1.82, 2.24) is 9.55 Å². The molecule has 2 atom stereocenters. The highest BCUT2D eigenvalue weighted by molar-refractivity contribution is 6.12. The van der Waals surface area contributed by atoms with Crippen LogP contribution in [0.25, 0.3) is 11.0 Å². The van der Waals surface area contributed by atoms with Crippen LogP contribution in [0.5, 0.6) is 0 Å². The molecule has 0 saturated carbocycles. The average molecular weight is 495 g/mol. The van der Waals surface area contributed by atoms with E-state index in [1.165, 1.54) is 12.7 Å². The minimum Gasteiger partial charge on any atom is -0.464 e. The van der Waals surface area contributed by atoms with Crippen LogP contribution in [0.15, 0.2) is 42.6 Å². The highest BCUT2D eigenvalue weighted by Crippen LogP contribution is 2.34. The summed E-state index contributed by atoms with van der Waals surface area (Å²) >= 11 is 0. The van der Waals surface area contributed by atoms with Crippen molar-refractivity contribution in [3.05, 3.63) is 53.9 Å². The fourth-order valence-corrected chi connectivity index (χ4v) is 4.58. The number of carbonyl (C=O) groups excluding carboxylic acids is 2. The molecule has 9 heteroatoms. The van der Waals surface area contributed by atoms with Gasteiger partial charge >= 0.3 is 5.97 Å². The maximum atomic E-state index is 13.0. The zero-order chi connectivity index (χ0) is 25.5. The number of aromatic nitrogens is 2. The molecule has 2 aromatic heterocycles. The molecule has 3 aromatic rings. The Labute approximate surface area is 210 Å². The first-order valence-electron chi connectivity index (χ1n) is 12.5. The van der Waals surface area contributed by atoms with Crippen LogP contribution in [0, 0.1) is 0 Å². The Kier molecular flexibility index (Phi) is 8.56. The van der Waals surface area contributed by atoms with E-state index in [1.54, 1.807) is 6.20 Å². The Bertz CT molecular complexity index is 1190. The van der Waals surface area contributed by atoms with Gasteiger partial charge in [0.15, 0.2) is 5.69 Å². The van der Waals surface area contributed by atoms with E-state index in [4.69, 9.17) is 9.47 Å². The Morgan fingerprint density at radius 1 is 1.31 bits per heavy atom. The molecule has 0 radical (unpaired) electrons. The number of anilines is 2. The van der Waals surface area contributed by atoms with Crippen LogP contribution in [0.1, 0.15) is 48.7 Å². The summed E-state index contributed by atoms with van der Waals surface area (Å²) in [6, 6.07) is 12.0. The summed E-state index contributed by atoms with van der Waals surface area (Å²) in [5.41, 5.74) is 3.17. The van der Waals surface area contributed by atoms with Crippen molar-refractivity contribution in [3.8, 4) is 0 Å². The second kappa shape index (κ2) is 12.0. The number of amides is 1. The molecule has 1 fully saturated rings. The van der Waals surface area contributed by atoms with Crippen molar-refractivity contribution < 1.29 is 24.2 Å². The van der Waals surface area contributed by atoms with Crippen LogP contribution in [0.2, 0.25) is 0 Å². The first-order chi connectivity index (χ1) is 17.5. The molecular weight excluding hydrogens is 460 g/mol. The number of fused-ring (bicyclic) bond motifs is 1. The van der Waals surface area contributed by atoms with Crippen LogP contribution < -0.4 is 10.6 Å². The predicted molar refractivity (Wildman–Crippen MR) is 138 cm³/mol. The Morgan fingerprint density at radius 3 is 2.81 bits per heavy atom. The lowest BCUT2D eigenvalue weighted by Gasteiger charge is -2.14. The van der Waals surface area contributed by atoms with Crippen LogP contribution in [-0.2, 0) is 27.2 Å². The third-order valence-corrected chi connectivity index (χ3v) is 6.41. The second-order valence-corrected chi connectivity index (χ2v) is 9.10. The minimum atomic E-state index is -0.550. The molecule has 0 bridgehead atoms. The second-order valence-electron chi connectivity index (χ2n) is 9.10. The Morgan fingerprint density at radius 2 is 2.11 bits per heavy atom. The van der Waals surface area contributed by atoms with Crippen LogP contribution in [-0.4, -0.2) is 59.0 Å². The molecule has 3 N–H and O–H groups in total. The first-order valence-corrected chi connectivity index (χ1v) is 12.5. The van der Waals surface area contributed by atoms with Crippen LogP contribution >= 0.6 is 0 Å². The zero-order valence-corrected chi connectivity index (χ0v) is 20.8. The minimum absolute atomic E-state index is 0.0206. The largest absolute Gasteiger partial charge is 0.464 e. The number of aliphatic hydroxyl groups is 1. The molecule has 9 nitrogen and oxygen atoms in total. The molecule has 1 aliphatic rings. The van der Waals surface area contributed by atoms with Crippen molar-refractivity contribution >= 4 is 34.3 Å². The van der Waals surface area contributed by atoms with Crippen molar-refractivity contribution in [1.29, 1.82) is 0 Å². The van der Waals surface area contributed by atoms with Gasteiger partial charge in [-0.15, -0.1) is 0 Å². The number of hydrogen-bond donors (Lipinski definition) is 3. The number of benzene rings is 1. The summed E-state index contributed by atoms with van der Waals surface area (Å²) in [5.74, 6) is -0.827. The third-order valence-electron chi connectivity index (χ3n) is 6.41. The fourth-order valence-electron chi connectivity index (χ4n) is 4.58. The van der Waals surface area contributed by atoms with Gasteiger partial charge in [-0.25, -0.2) is 9.78 Å². The van der Waals surface area contributed by atoms with Gasteiger partial charge in [0.05, 0.1) is 24.7 Å². The zero-order valence-electron chi connectivity index (χ0n) is 20.8. The van der Waals surface area contributed by atoms with Gasteiger partial charge in [0, 0.05) is 31.2 Å². The normalized spacial score (nSPS) is 16.1. The standard InChI is InChI=1S/C27H34N4O5/c1-18(12-14-32)29-20-16-21-23(30-26(33)22-11-7-15-36-22)24(27(34)35-2)31(25(21)28-17-20)13-6-10-19-8-4-3-5-9-19/h3-5,8-9,16-18,22,29,32H,6-7,10-15H2,1-2H3,(H,30,33). The molecule has 0 aliphatic carbocycles. The number of nitrogens with zero attached hydrogens (tertiary/aromatic N) is 2. The summed E-state index contributed by atoms with van der Waals surface area (Å²) in [4.78, 5) is 30.7. The van der Waals surface area contributed by atoms with Crippen molar-refractivity contribution in [2.75, 3.05) is 31.0 Å². The molecule has 192 valence electrons. The van der Waals surface area contributed by atoms with Crippen molar-refractivity contribution in [2.45, 2.75) is 57.7 Å². The van der Waals surface area contributed by atoms with E-state index in [1.807, 2.05) is 35.8 Å². The molecule has 4 rings (SSSR count). The molecular formula is C27H34N4O5. The molecule has 2 unspecified atom stereocenters. The topological polar surface area (TPSA) is 115 Å². The van der Waals surface area contributed by atoms with Gasteiger partial charge in [0.25, 0.3) is 5.91 Å². The lowest BCUT2D eigenvalue weighted by Crippen LogP contribution is -2.28. The van der Waals surface area contributed by atoms with E-state index in [-0.39, 0.29) is 24.2 Å². The van der Waals surface area contributed by atoms with E-state index < -0.39 is 12.1 Å². The molecule has 1 saturated heterocycles. The molecule has 1 amide bonds. The van der Waals surface area contributed by atoms with Gasteiger partial charge in [0.1, 0.15) is 11.8 Å². The molecule has 36 heavy (non-hydrogen) atoms. The monoisotopic (exact) mass is 494 g/mol.